The Labute approximate surface area is 234 Å². The van der Waals surface area contributed by atoms with Crippen molar-refractivity contribution in [1.29, 1.82) is 0 Å². The number of amides is 5. The zero-order chi connectivity index (χ0) is 29.3. The van der Waals surface area contributed by atoms with E-state index >= 15 is 0 Å². The molecule has 0 bridgehead atoms. The van der Waals surface area contributed by atoms with E-state index in [-0.39, 0.29) is 50.4 Å². The van der Waals surface area contributed by atoms with Gasteiger partial charge in [-0.25, -0.2) is 0 Å². The Bertz CT molecular complexity index is 1010. The number of ether oxygens (including phenoxy) is 1. The van der Waals surface area contributed by atoms with Gasteiger partial charge in [-0.1, -0.05) is 50.1 Å². The summed E-state index contributed by atoms with van der Waals surface area (Å²) in [5.41, 5.74) is 0.783. The van der Waals surface area contributed by atoms with Gasteiger partial charge in [-0.3, -0.25) is 28.8 Å². The Morgan fingerprint density at radius 3 is 2.10 bits per heavy atom. The van der Waals surface area contributed by atoms with Gasteiger partial charge in [0.1, 0.15) is 18.9 Å². The molecule has 5 N–H and O–H groups in total. The predicted molar refractivity (Wildman–Crippen MR) is 147 cm³/mol. The van der Waals surface area contributed by atoms with Crippen molar-refractivity contribution in [2.24, 2.45) is 5.92 Å². The van der Waals surface area contributed by atoms with Crippen LogP contribution in [0.3, 0.4) is 0 Å². The molecule has 1 aliphatic carbocycles. The summed E-state index contributed by atoms with van der Waals surface area (Å²) in [4.78, 5) is 73.0. The maximum Gasteiger partial charge on any atom is 0.243 e. The summed E-state index contributed by atoms with van der Waals surface area (Å²) in [6.07, 6.45) is 4.45. The van der Waals surface area contributed by atoms with E-state index in [4.69, 9.17) is 4.74 Å². The Kier molecular flexibility index (Phi) is 14.4. The average Bonchev–Trinajstić information content (AvgIpc) is 3.77. The largest absolute Gasteiger partial charge is 0.350 e. The number of rotatable bonds is 19. The fourth-order valence-corrected chi connectivity index (χ4v) is 3.90. The van der Waals surface area contributed by atoms with Gasteiger partial charge in [-0.15, -0.1) is 0 Å². The van der Waals surface area contributed by atoms with E-state index in [1.807, 2.05) is 13.0 Å². The minimum absolute atomic E-state index is 0.0899. The van der Waals surface area contributed by atoms with E-state index in [1.54, 1.807) is 24.3 Å². The van der Waals surface area contributed by atoms with Crippen LogP contribution in [0.25, 0.3) is 0 Å². The Hall–Kier alpha value is -3.80. The second kappa shape index (κ2) is 17.7. The molecule has 0 spiro atoms. The molecule has 220 valence electrons. The lowest BCUT2D eigenvalue weighted by Crippen LogP contribution is -2.52. The minimum Gasteiger partial charge on any atom is -0.350 e. The van der Waals surface area contributed by atoms with E-state index < -0.39 is 35.8 Å². The third-order valence-electron chi connectivity index (χ3n) is 6.24. The van der Waals surface area contributed by atoms with Gasteiger partial charge in [0, 0.05) is 12.8 Å². The molecule has 12 heteroatoms. The number of ketones is 1. The lowest BCUT2D eigenvalue weighted by Gasteiger charge is -2.19. The topological polar surface area (TPSA) is 172 Å². The molecular weight excluding hydrogens is 518 g/mol. The van der Waals surface area contributed by atoms with Crippen molar-refractivity contribution in [3.05, 3.63) is 35.9 Å². The maximum absolute atomic E-state index is 12.9. The molecule has 0 radical (unpaired) electrons. The number of unbranched alkanes of at least 4 members (excludes halogenated alkanes) is 2. The molecule has 1 aliphatic rings. The summed E-state index contributed by atoms with van der Waals surface area (Å²) in [7, 11) is 0. The van der Waals surface area contributed by atoms with Crippen molar-refractivity contribution in [1.82, 2.24) is 26.6 Å². The fraction of sp³-hybridized carbons (Fsp3) is 0.571. The van der Waals surface area contributed by atoms with Crippen LogP contribution in [-0.2, 0) is 39.9 Å². The second-order valence-electron chi connectivity index (χ2n) is 9.82. The first-order valence-electron chi connectivity index (χ1n) is 13.7. The third kappa shape index (κ3) is 13.3. The number of hydrogen-bond donors (Lipinski definition) is 5. The van der Waals surface area contributed by atoms with Crippen molar-refractivity contribution >= 4 is 35.3 Å². The molecule has 0 unspecified atom stereocenters. The summed E-state index contributed by atoms with van der Waals surface area (Å²) in [5.74, 6) is -2.37. The number of hydrogen-bond acceptors (Lipinski definition) is 7. The molecule has 5 amide bonds. The fourth-order valence-electron chi connectivity index (χ4n) is 3.90. The highest BCUT2D eigenvalue weighted by Gasteiger charge is 2.35. The molecular formula is C28H41N5O7. The lowest BCUT2D eigenvalue weighted by atomic mass is 10.1. The molecule has 12 nitrogen and oxygen atoms in total. The molecule has 0 aliphatic heterocycles. The molecule has 1 saturated carbocycles. The van der Waals surface area contributed by atoms with Crippen LogP contribution < -0.4 is 26.6 Å². The van der Waals surface area contributed by atoms with E-state index in [2.05, 4.69) is 26.6 Å². The summed E-state index contributed by atoms with van der Waals surface area (Å²) in [6.45, 7) is 2.33. The molecule has 0 heterocycles. The number of benzene rings is 1. The van der Waals surface area contributed by atoms with Crippen molar-refractivity contribution in [2.75, 3.05) is 26.4 Å². The van der Waals surface area contributed by atoms with Crippen LogP contribution in [0.5, 0.6) is 0 Å². The van der Waals surface area contributed by atoms with E-state index in [0.717, 1.165) is 37.7 Å². The molecule has 2 rings (SSSR count). The Morgan fingerprint density at radius 2 is 1.45 bits per heavy atom. The van der Waals surface area contributed by atoms with Crippen molar-refractivity contribution in [3.8, 4) is 0 Å². The predicted octanol–water partition coefficient (Wildman–Crippen LogP) is 0.101. The summed E-state index contributed by atoms with van der Waals surface area (Å²) in [5, 5.41) is 12.5. The first-order chi connectivity index (χ1) is 19.2. The first-order valence-corrected chi connectivity index (χ1v) is 13.7. The van der Waals surface area contributed by atoms with E-state index in [1.165, 1.54) is 6.92 Å². The number of carbonyl (C=O) groups is 6. The van der Waals surface area contributed by atoms with Gasteiger partial charge in [0.15, 0.2) is 5.78 Å². The van der Waals surface area contributed by atoms with Crippen LogP contribution in [0.4, 0.5) is 0 Å². The van der Waals surface area contributed by atoms with Crippen LogP contribution in [-0.4, -0.2) is 73.8 Å². The van der Waals surface area contributed by atoms with Gasteiger partial charge < -0.3 is 31.3 Å². The minimum atomic E-state index is -1.01. The Morgan fingerprint density at radius 1 is 0.825 bits per heavy atom. The average molecular weight is 560 g/mol. The normalized spacial score (nSPS) is 13.8. The van der Waals surface area contributed by atoms with Gasteiger partial charge in [0.05, 0.1) is 19.6 Å². The maximum atomic E-state index is 12.9. The van der Waals surface area contributed by atoms with Crippen LogP contribution >= 0.6 is 0 Å². The molecule has 0 saturated heterocycles. The van der Waals surface area contributed by atoms with Crippen LogP contribution in [0, 0.1) is 5.92 Å². The number of Topliss-reactive ketones (excluding diaryl/α,β-unsaturated/α-hetero) is 1. The van der Waals surface area contributed by atoms with E-state index in [0.29, 0.717) is 6.42 Å². The smallest absolute Gasteiger partial charge is 0.243 e. The van der Waals surface area contributed by atoms with E-state index in [9.17, 15) is 28.8 Å². The zero-order valence-electron chi connectivity index (χ0n) is 23.3. The van der Waals surface area contributed by atoms with Gasteiger partial charge in [-0.2, -0.15) is 0 Å². The quantitative estimate of drug-likeness (QED) is 0.118. The van der Waals surface area contributed by atoms with Crippen molar-refractivity contribution in [3.63, 3.8) is 0 Å². The second-order valence-corrected chi connectivity index (χ2v) is 9.82. The van der Waals surface area contributed by atoms with Gasteiger partial charge in [-0.05, 0) is 37.7 Å². The van der Waals surface area contributed by atoms with Crippen molar-refractivity contribution in [2.45, 2.75) is 70.9 Å². The Balaban J connectivity index is 1.79. The molecule has 1 fully saturated rings. The highest BCUT2D eigenvalue weighted by molar-refractivity contribution is 5.92. The molecule has 1 aromatic rings. The van der Waals surface area contributed by atoms with Gasteiger partial charge in [0.2, 0.25) is 29.5 Å². The number of carbonyl (C=O) groups excluding carboxylic acids is 6. The highest BCUT2D eigenvalue weighted by Crippen LogP contribution is 2.34. The first kappa shape index (κ1) is 32.4. The highest BCUT2D eigenvalue weighted by atomic mass is 16.5. The van der Waals surface area contributed by atoms with Gasteiger partial charge in [0.25, 0.3) is 0 Å². The SMILES string of the molecule is CCCCCC(=O)NCC(=O)NCC(=O)N[C@@H](Cc1ccccc1)C(=O)NCC(=O)NCO[C@@H](C(C)=O)C1CC1. The molecule has 2 atom stereocenters. The summed E-state index contributed by atoms with van der Waals surface area (Å²) >= 11 is 0. The summed E-state index contributed by atoms with van der Waals surface area (Å²) in [6, 6.07) is 8.01. The van der Waals surface area contributed by atoms with Crippen LogP contribution in [0.15, 0.2) is 30.3 Å². The monoisotopic (exact) mass is 559 g/mol. The summed E-state index contributed by atoms with van der Waals surface area (Å²) < 4.78 is 5.47. The van der Waals surface area contributed by atoms with Crippen LogP contribution in [0.1, 0.15) is 57.9 Å². The van der Waals surface area contributed by atoms with Crippen molar-refractivity contribution < 1.29 is 33.5 Å². The molecule has 1 aromatic carbocycles. The molecule has 0 aromatic heterocycles. The lowest BCUT2D eigenvalue weighted by molar-refractivity contribution is -0.134. The zero-order valence-corrected chi connectivity index (χ0v) is 23.3. The number of nitrogens with one attached hydrogen (secondary N) is 5. The standard InChI is InChI=1S/C28H41N5O7/c1-3-4-6-11-23(35)29-15-24(36)30-17-26(38)33-22(14-20-9-7-5-8-10-20)28(39)31-16-25(37)32-18-40-27(19(2)34)21-12-13-21/h5,7-10,21-22,27H,3-4,6,11-18H2,1-2H3,(H,29,35)(H,30,36)(H,31,39)(H,32,37)(H,33,38)/t22-,27-/m0/s1. The van der Waals surface area contributed by atoms with Gasteiger partial charge >= 0.3 is 0 Å². The third-order valence-corrected chi connectivity index (χ3v) is 6.24. The van der Waals surface area contributed by atoms with Crippen LogP contribution in [0.2, 0.25) is 0 Å². The molecule has 40 heavy (non-hydrogen) atoms.